The standard InChI is InChI=1S/C18H24N4O3S/c1-9-8-20-22(6)12(9)15(24)21-16-11(14(19)23)10-7-17(2,3)25-18(4,5)13(10)26-16/h8H,7H2,1-6H3,(H2,19,23)(H,21,24). The molecule has 2 amide bonds. The van der Waals surface area contributed by atoms with E-state index in [4.69, 9.17) is 10.5 Å². The molecule has 3 N–H and O–H groups in total. The van der Waals surface area contributed by atoms with Crippen LogP contribution in [-0.2, 0) is 23.8 Å². The number of carbonyl (C=O) groups excluding carboxylic acids is 2. The highest BCUT2D eigenvalue weighted by atomic mass is 32.1. The topological polar surface area (TPSA) is 99.2 Å². The van der Waals surface area contributed by atoms with E-state index in [1.54, 1.807) is 13.2 Å². The number of amides is 2. The first-order chi connectivity index (χ1) is 11.9. The molecule has 0 saturated heterocycles. The monoisotopic (exact) mass is 376 g/mol. The molecule has 140 valence electrons. The number of thiophene rings is 1. The predicted molar refractivity (Wildman–Crippen MR) is 101 cm³/mol. The molecule has 0 aromatic carbocycles. The fourth-order valence-corrected chi connectivity index (χ4v) is 4.96. The molecular formula is C18H24N4O3S. The van der Waals surface area contributed by atoms with Gasteiger partial charge in [0.1, 0.15) is 10.7 Å². The summed E-state index contributed by atoms with van der Waals surface area (Å²) in [6, 6.07) is 0. The number of carbonyl (C=O) groups is 2. The van der Waals surface area contributed by atoms with Gasteiger partial charge in [0.05, 0.1) is 23.0 Å². The van der Waals surface area contributed by atoms with Crippen LogP contribution in [0.25, 0.3) is 0 Å². The van der Waals surface area contributed by atoms with Crippen LogP contribution in [0.1, 0.15) is 64.5 Å². The summed E-state index contributed by atoms with van der Waals surface area (Å²) >= 11 is 1.35. The predicted octanol–water partition coefficient (Wildman–Crippen LogP) is 2.73. The molecule has 26 heavy (non-hydrogen) atoms. The molecule has 8 heteroatoms. The number of aryl methyl sites for hydroxylation is 2. The van der Waals surface area contributed by atoms with E-state index in [2.05, 4.69) is 10.4 Å². The summed E-state index contributed by atoms with van der Waals surface area (Å²) in [5.41, 5.74) is 7.12. The third kappa shape index (κ3) is 3.03. The van der Waals surface area contributed by atoms with Crippen molar-refractivity contribution >= 4 is 28.2 Å². The number of nitrogens with zero attached hydrogens (tertiary/aromatic N) is 2. The van der Waals surface area contributed by atoms with Gasteiger partial charge in [-0.05, 0) is 45.7 Å². The number of hydrogen-bond acceptors (Lipinski definition) is 5. The van der Waals surface area contributed by atoms with E-state index in [-0.39, 0.29) is 5.91 Å². The molecule has 0 saturated carbocycles. The normalized spacial score (nSPS) is 17.6. The van der Waals surface area contributed by atoms with Gasteiger partial charge in [-0.15, -0.1) is 11.3 Å². The van der Waals surface area contributed by atoms with Crippen LogP contribution in [0, 0.1) is 6.92 Å². The summed E-state index contributed by atoms with van der Waals surface area (Å²) in [5, 5.41) is 7.41. The largest absolute Gasteiger partial charge is 0.365 e. The summed E-state index contributed by atoms with van der Waals surface area (Å²) in [6.07, 6.45) is 2.18. The van der Waals surface area contributed by atoms with Crippen molar-refractivity contribution in [3.63, 3.8) is 0 Å². The van der Waals surface area contributed by atoms with Crippen LogP contribution >= 0.6 is 11.3 Å². The summed E-state index contributed by atoms with van der Waals surface area (Å²) in [6.45, 7) is 9.71. The van der Waals surface area contributed by atoms with Gasteiger partial charge in [0.25, 0.3) is 11.8 Å². The Labute approximate surface area is 156 Å². The summed E-state index contributed by atoms with van der Waals surface area (Å²) in [4.78, 5) is 25.9. The zero-order chi connectivity index (χ0) is 19.4. The number of nitrogens with one attached hydrogen (secondary N) is 1. The Bertz CT molecular complexity index is 888. The molecular weight excluding hydrogens is 352 g/mol. The van der Waals surface area contributed by atoms with Gasteiger partial charge in [-0.25, -0.2) is 0 Å². The molecule has 0 aliphatic carbocycles. The van der Waals surface area contributed by atoms with Gasteiger partial charge in [-0.1, -0.05) is 0 Å². The van der Waals surface area contributed by atoms with E-state index in [0.717, 1.165) is 16.0 Å². The van der Waals surface area contributed by atoms with Crippen molar-refractivity contribution in [3.8, 4) is 0 Å². The Hall–Kier alpha value is -2.19. The first kappa shape index (κ1) is 18.6. The van der Waals surface area contributed by atoms with E-state index in [1.807, 2.05) is 34.6 Å². The van der Waals surface area contributed by atoms with Crippen molar-refractivity contribution in [1.29, 1.82) is 0 Å². The van der Waals surface area contributed by atoms with Crippen LogP contribution in [-0.4, -0.2) is 27.2 Å². The third-order valence-electron chi connectivity index (χ3n) is 4.50. The van der Waals surface area contributed by atoms with Gasteiger partial charge in [0.2, 0.25) is 0 Å². The molecule has 0 atom stereocenters. The van der Waals surface area contributed by atoms with Gasteiger partial charge in [-0.2, -0.15) is 5.10 Å². The van der Waals surface area contributed by atoms with Crippen molar-refractivity contribution in [2.75, 3.05) is 5.32 Å². The lowest BCUT2D eigenvalue weighted by molar-refractivity contribution is -0.135. The van der Waals surface area contributed by atoms with Gasteiger partial charge in [-0.3, -0.25) is 14.3 Å². The number of nitrogens with two attached hydrogens (primary N) is 1. The van der Waals surface area contributed by atoms with Crippen LogP contribution in [0.15, 0.2) is 6.20 Å². The van der Waals surface area contributed by atoms with Crippen LogP contribution in [0.2, 0.25) is 0 Å². The second-order valence-corrected chi connectivity index (χ2v) is 8.80. The first-order valence-corrected chi connectivity index (χ1v) is 9.20. The lowest BCUT2D eigenvalue weighted by atomic mass is 9.86. The third-order valence-corrected chi connectivity index (χ3v) is 5.95. The Morgan fingerprint density at radius 2 is 2.00 bits per heavy atom. The van der Waals surface area contributed by atoms with Crippen molar-refractivity contribution in [2.45, 2.75) is 52.2 Å². The molecule has 2 aromatic heterocycles. The maximum absolute atomic E-state index is 12.7. The molecule has 0 spiro atoms. The number of fused-ring (bicyclic) bond motifs is 1. The van der Waals surface area contributed by atoms with E-state index >= 15 is 0 Å². The number of hydrogen-bond donors (Lipinski definition) is 2. The van der Waals surface area contributed by atoms with Crippen LogP contribution in [0.4, 0.5) is 5.00 Å². The Morgan fingerprint density at radius 1 is 1.35 bits per heavy atom. The number of primary amides is 1. The molecule has 1 aliphatic rings. The maximum Gasteiger partial charge on any atom is 0.274 e. The number of ether oxygens (including phenoxy) is 1. The second-order valence-electron chi connectivity index (χ2n) is 7.78. The molecule has 0 unspecified atom stereocenters. The van der Waals surface area contributed by atoms with Crippen LogP contribution in [0.3, 0.4) is 0 Å². The minimum absolute atomic E-state index is 0.318. The average Bonchev–Trinajstić information content (AvgIpc) is 2.97. The fraction of sp³-hybridized carbons (Fsp3) is 0.500. The zero-order valence-electron chi connectivity index (χ0n) is 15.9. The smallest absolute Gasteiger partial charge is 0.274 e. The van der Waals surface area contributed by atoms with Gasteiger partial charge in [0, 0.05) is 18.3 Å². The van der Waals surface area contributed by atoms with Crippen molar-refractivity contribution < 1.29 is 14.3 Å². The molecule has 0 fully saturated rings. The van der Waals surface area contributed by atoms with E-state index in [0.29, 0.717) is 22.7 Å². The highest BCUT2D eigenvalue weighted by molar-refractivity contribution is 7.17. The highest BCUT2D eigenvalue weighted by Crippen LogP contribution is 2.48. The average molecular weight is 376 g/mol. The molecule has 3 rings (SSSR count). The van der Waals surface area contributed by atoms with Gasteiger partial charge >= 0.3 is 0 Å². The SMILES string of the molecule is Cc1cnn(C)c1C(=O)Nc1sc2c(c1C(N)=O)CC(C)(C)OC2(C)C. The quantitative estimate of drug-likeness (QED) is 0.860. The number of anilines is 1. The molecule has 0 bridgehead atoms. The van der Waals surface area contributed by atoms with E-state index in [9.17, 15) is 9.59 Å². The van der Waals surface area contributed by atoms with Gasteiger partial charge in [0.15, 0.2) is 0 Å². The van der Waals surface area contributed by atoms with Crippen molar-refractivity contribution in [3.05, 3.63) is 33.5 Å². The minimum Gasteiger partial charge on any atom is -0.365 e. The first-order valence-electron chi connectivity index (χ1n) is 8.39. The Morgan fingerprint density at radius 3 is 2.54 bits per heavy atom. The zero-order valence-corrected chi connectivity index (χ0v) is 16.7. The fourth-order valence-electron chi connectivity index (χ4n) is 3.70. The lowest BCUT2D eigenvalue weighted by Crippen LogP contribution is -2.42. The second kappa shape index (κ2) is 5.92. The summed E-state index contributed by atoms with van der Waals surface area (Å²) in [5.74, 6) is -0.866. The maximum atomic E-state index is 12.7. The van der Waals surface area contributed by atoms with Crippen LogP contribution < -0.4 is 11.1 Å². The van der Waals surface area contributed by atoms with Crippen molar-refractivity contribution in [2.24, 2.45) is 12.8 Å². The summed E-state index contributed by atoms with van der Waals surface area (Å²) < 4.78 is 7.69. The Balaban J connectivity index is 2.08. The molecule has 3 heterocycles. The molecule has 2 aromatic rings. The van der Waals surface area contributed by atoms with Gasteiger partial charge < -0.3 is 15.8 Å². The van der Waals surface area contributed by atoms with Crippen molar-refractivity contribution in [1.82, 2.24) is 9.78 Å². The highest BCUT2D eigenvalue weighted by Gasteiger charge is 2.43. The molecule has 0 radical (unpaired) electrons. The lowest BCUT2D eigenvalue weighted by Gasteiger charge is -2.41. The van der Waals surface area contributed by atoms with E-state index in [1.165, 1.54) is 16.0 Å². The van der Waals surface area contributed by atoms with Crippen LogP contribution in [0.5, 0.6) is 0 Å². The molecule has 7 nitrogen and oxygen atoms in total. The Kier molecular flexibility index (Phi) is 4.23. The summed E-state index contributed by atoms with van der Waals surface area (Å²) in [7, 11) is 1.70. The number of aromatic nitrogens is 2. The minimum atomic E-state index is -0.572. The molecule has 1 aliphatic heterocycles. The number of rotatable bonds is 3. The van der Waals surface area contributed by atoms with E-state index < -0.39 is 17.1 Å².